The molecule has 0 amide bonds. The van der Waals surface area contributed by atoms with Crippen molar-refractivity contribution in [1.82, 2.24) is 9.80 Å². The van der Waals surface area contributed by atoms with Crippen molar-refractivity contribution in [3.8, 4) is 0 Å². The first-order chi connectivity index (χ1) is 13.7. The Bertz CT molecular complexity index is 304. The SMILES string of the molecule is CCOC(OCC)[Si]CCCN1CCN(CCC[Si]C(OCC)OCC)CC1. The van der Waals surface area contributed by atoms with E-state index in [9.17, 15) is 0 Å². The molecule has 1 rings (SSSR count). The van der Waals surface area contributed by atoms with E-state index < -0.39 is 0 Å². The van der Waals surface area contributed by atoms with Crippen LogP contribution in [0, 0.1) is 0 Å². The maximum Gasteiger partial charge on any atom is 0.137 e. The number of nitrogens with zero attached hydrogens (tertiary/aromatic N) is 2. The van der Waals surface area contributed by atoms with Gasteiger partial charge in [0.2, 0.25) is 0 Å². The Balaban J connectivity index is 2.04. The first kappa shape index (κ1) is 26.2. The monoisotopic (exact) mass is 430 g/mol. The average Bonchev–Trinajstić information content (AvgIpc) is 2.70. The molecule has 0 aromatic rings. The van der Waals surface area contributed by atoms with Gasteiger partial charge in [-0.3, -0.25) is 0 Å². The molecule has 0 aliphatic carbocycles. The fourth-order valence-electron chi connectivity index (χ4n) is 3.22. The molecule has 6 nitrogen and oxygen atoms in total. The summed E-state index contributed by atoms with van der Waals surface area (Å²) in [5.41, 5.74) is 0. The Labute approximate surface area is 178 Å². The third-order valence-corrected chi connectivity index (χ3v) is 7.28. The molecule has 0 aromatic heterocycles. The van der Waals surface area contributed by atoms with Crippen LogP contribution in [0.5, 0.6) is 0 Å². The van der Waals surface area contributed by atoms with Gasteiger partial charge in [-0.05, 0) is 53.6 Å². The Kier molecular flexibility index (Phi) is 16.9. The van der Waals surface area contributed by atoms with Crippen molar-refractivity contribution in [2.75, 3.05) is 65.7 Å². The van der Waals surface area contributed by atoms with Crippen LogP contribution in [-0.4, -0.2) is 106 Å². The number of piperazine rings is 1. The first-order valence-corrected chi connectivity index (χ1v) is 13.7. The maximum absolute atomic E-state index is 5.63. The van der Waals surface area contributed by atoms with Gasteiger partial charge in [-0.1, -0.05) is 12.1 Å². The molecule has 0 spiro atoms. The largest absolute Gasteiger partial charge is 0.357 e. The molecule has 164 valence electrons. The molecule has 0 N–H and O–H groups in total. The zero-order chi connectivity index (χ0) is 20.5. The highest BCUT2D eigenvalue weighted by Gasteiger charge is 2.17. The summed E-state index contributed by atoms with van der Waals surface area (Å²) < 4.78 is 22.5. The van der Waals surface area contributed by atoms with Crippen molar-refractivity contribution >= 4 is 19.0 Å². The summed E-state index contributed by atoms with van der Waals surface area (Å²) in [6.07, 6.45) is 2.49. The number of hydrogen-bond donors (Lipinski definition) is 0. The van der Waals surface area contributed by atoms with Crippen LogP contribution in [0.3, 0.4) is 0 Å². The van der Waals surface area contributed by atoms with Crippen LogP contribution in [0.25, 0.3) is 0 Å². The van der Waals surface area contributed by atoms with Crippen LogP contribution in [-0.2, 0) is 18.9 Å². The Morgan fingerprint density at radius 1 is 0.607 bits per heavy atom. The summed E-state index contributed by atoms with van der Waals surface area (Å²) in [6, 6.07) is 2.40. The lowest BCUT2D eigenvalue weighted by atomic mass is 10.3. The number of rotatable bonds is 18. The smallest absolute Gasteiger partial charge is 0.137 e. The summed E-state index contributed by atoms with van der Waals surface area (Å²) >= 11 is 0. The van der Waals surface area contributed by atoms with Crippen molar-refractivity contribution in [1.29, 1.82) is 0 Å². The van der Waals surface area contributed by atoms with Gasteiger partial charge < -0.3 is 28.7 Å². The highest BCUT2D eigenvalue weighted by molar-refractivity contribution is 6.36. The van der Waals surface area contributed by atoms with Crippen molar-refractivity contribution in [3.05, 3.63) is 0 Å². The average molecular weight is 431 g/mol. The summed E-state index contributed by atoms with van der Waals surface area (Å²) in [5.74, 6) is 0.0233. The highest BCUT2D eigenvalue weighted by Crippen LogP contribution is 2.07. The Morgan fingerprint density at radius 3 is 1.21 bits per heavy atom. The van der Waals surface area contributed by atoms with Gasteiger partial charge in [0.25, 0.3) is 0 Å². The lowest BCUT2D eigenvalue weighted by molar-refractivity contribution is -0.0830. The molecule has 8 heteroatoms. The molecule has 1 heterocycles. The highest BCUT2D eigenvalue weighted by atomic mass is 28.2. The molecule has 4 radical (unpaired) electrons. The second-order valence-electron chi connectivity index (χ2n) is 6.78. The quantitative estimate of drug-likeness (QED) is 0.189. The van der Waals surface area contributed by atoms with Gasteiger partial charge in [0, 0.05) is 52.6 Å². The number of hydrogen-bond acceptors (Lipinski definition) is 6. The van der Waals surface area contributed by atoms with Crippen molar-refractivity contribution < 1.29 is 18.9 Å². The lowest BCUT2D eigenvalue weighted by Crippen LogP contribution is -2.46. The molecule has 0 unspecified atom stereocenters. The molecule has 1 aliphatic rings. The molecule has 1 fully saturated rings. The standard InChI is InChI=1S/C20H42N2O4Si2/c1-5-23-19(24-6-2)27-17-9-11-21-13-15-22(16-14-21)12-10-18-28-20(25-7-3)26-8-4/h19-20H,5-18H2,1-4H3. The van der Waals surface area contributed by atoms with Gasteiger partial charge in [0.05, 0.1) is 0 Å². The summed E-state index contributed by atoms with van der Waals surface area (Å²) in [4.78, 5) is 5.22. The Morgan fingerprint density at radius 2 is 0.929 bits per heavy atom. The lowest BCUT2D eigenvalue weighted by Gasteiger charge is -2.34. The van der Waals surface area contributed by atoms with Gasteiger partial charge >= 0.3 is 0 Å². The molecule has 0 aromatic carbocycles. The fourth-order valence-corrected chi connectivity index (χ4v) is 5.55. The van der Waals surface area contributed by atoms with Gasteiger partial charge in [0.1, 0.15) is 30.9 Å². The summed E-state index contributed by atoms with van der Waals surface area (Å²) in [7, 11) is 1.50. The number of ether oxygens (including phenoxy) is 4. The third kappa shape index (κ3) is 12.7. The van der Waals surface area contributed by atoms with E-state index in [0.29, 0.717) is 0 Å². The molecule has 0 bridgehead atoms. The zero-order valence-electron chi connectivity index (χ0n) is 18.6. The van der Waals surface area contributed by atoms with Gasteiger partial charge in [0.15, 0.2) is 0 Å². The van der Waals surface area contributed by atoms with Gasteiger partial charge in [-0.25, -0.2) is 0 Å². The van der Waals surface area contributed by atoms with E-state index in [1.807, 2.05) is 27.7 Å². The molecule has 1 aliphatic heterocycles. The van der Waals surface area contributed by atoms with Crippen molar-refractivity contribution in [3.63, 3.8) is 0 Å². The minimum Gasteiger partial charge on any atom is -0.357 e. The predicted octanol–water partition coefficient (Wildman–Crippen LogP) is 2.34. The van der Waals surface area contributed by atoms with Crippen LogP contribution in [0.4, 0.5) is 0 Å². The van der Waals surface area contributed by atoms with Crippen LogP contribution >= 0.6 is 0 Å². The zero-order valence-corrected chi connectivity index (χ0v) is 20.6. The van der Waals surface area contributed by atoms with Gasteiger partial charge in [-0.15, -0.1) is 0 Å². The fraction of sp³-hybridized carbons (Fsp3) is 1.00. The van der Waals surface area contributed by atoms with E-state index >= 15 is 0 Å². The van der Waals surface area contributed by atoms with Crippen LogP contribution in [0.1, 0.15) is 40.5 Å². The van der Waals surface area contributed by atoms with E-state index in [-0.39, 0.29) is 11.8 Å². The summed E-state index contributed by atoms with van der Waals surface area (Å²) in [5, 5.41) is 0. The third-order valence-electron chi connectivity index (χ3n) is 4.66. The van der Waals surface area contributed by atoms with Crippen molar-refractivity contribution in [2.24, 2.45) is 0 Å². The molecular formula is C20H42N2O4Si2. The van der Waals surface area contributed by atoms with Gasteiger partial charge in [-0.2, -0.15) is 0 Å². The minimum atomic E-state index is 0.0117. The van der Waals surface area contributed by atoms with Crippen LogP contribution < -0.4 is 0 Å². The predicted molar refractivity (Wildman–Crippen MR) is 117 cm³/mol. The van der Waals surface area contributed by atoms with E-state index in [1.54, 1.807) is 0 Å². The van der Waals surface area contributed by atoms with Crippen LogP contribution in [0.2, 0.25) is 12.1 Å². The van der Waals surface area contributed by atoms with E-state index in [1.165, 1.54) is 64.2 Å². The molecule has 0 saturated carbocycles. The molecule has 28 heavy (non-hydrogen) atoms. The van der Waals surface area contributed by atoms with E-state index in [4.69, 9.17) is 18.9 Å². The first-order valence-electron chi connectivity index (χ1n) is 11.1. The molecule has 1 saturated heterocycles. The Hall–Kier alpha value is 0.194. The minimum absolute atomic E-state index is 0.0117. The molecule has 0 atom stereocenters. The van der Waals surface area contributed by atoms with E-state index in [0.717, 1.165) is 45.5 Å². The van der Waals surface area contributed by atoms with E-state index in [2.05, 4.69) is 9.80 Å². The summed E-state index contributed by atoms with van der Waals surface area (Å²) in [6.45, 7) is 18.3. The molecular weight excluding hydrogens is 388 g/mol. The maximum atomic E-state index is 5.63. The van der Waals surface area contributed by atoms with Crippen molar-refractivity contribution in [2.45, 2.75) is 64.5 Å². The second-order valence-corrected chi connectivity index (χ2v) is 9.54. The van der Waals surface area contributed by atoms with Crippen LogP contribution in [0.15, 0.2) is 0 Å². The topological polar surface area (TPSA) is 43.4 Å². The normalized spacial score (nSPS) is 16.5. The second kappa shape index (κ2) is 18.0.